The van der Waals surface area contributed by atoms with Crippen molar-refractivity contribution in [2.24, 2.45) is 4.99 Å². The number of para-hydroxylation sites is 1. The zero-order chi connectivity index (χ0) is 15.6. The lowest BCUT2D eigenvalue weighted by atomic mass is 10.2. The van der Waals surface area contributed by atoms with Gasteiger partial charge in [0.25, 0.3) is 0 Å². The molecule has 0 amide bonds. The normalized spacial score (nSPS) is 18.5. The minimum absolute atomic E-state index is 0.474. The first-order chi connectivity index (χ1) is 10.8. The molecule has 1 aromatic rings. The van der Waals surface area contributed by atoms with Gasteiger partial charge in [-0.25, -0.2) is 0 Å². The largest absolute Gasteiger partial charge is 0.369 e. The Morgan fingerprint density at radius 1 is 1.23 bits per heavy atom. The lowest BCUT2D eigenvalue weighted by molar-refractivity contribution is 0.622. The average molecular weight is 302 g/mol. The first-order valence-electron chi connectivity index (χ1n) is 8.60. The maximum Gasteiger partial charge on any atom is 0.191 e. The number of anilines is 1. The monoisotopic (exact) mass is 302 g/mol. The molecule has 0 aliphatic carbocycles. The summed E-state index contributed by atoms with van der Waals surface area (Å²) >= 11 is 0. The van der Waals surface area contributed by atoms with Crippen LogP contribution < -0.4 is 15.5 Å². The first kappa shape index (κ1) is 16.7. The van der Waals surface area contributed by atoms with E-state index >= 15 is 0 Å². The van der Waals surface area contributed by atoms with E-state index < -0.39 is 0 Å². The van der Waals surface area contributed by atoms with E-state index in [-0.39, 0.29) is 0 Å². The Morgan fingerprint density at radius 3 is 2.77 bits per heavy atom. The van der Waals surface area contributed by atoms with Crippen LogP contribution in [0.1, 0.15) is 39.0 Å². The van der Waals surface area contributed by atoms with Gasteiger partial charge in [-0.15, -0.1) is 0 Å². The zero-order valence-electron chi connectivity index (χ0n) is 14.0. The van der Waals surface area contributed by atoms with Crippen molar-refractivity contribution in [3.8, 4) is 0 Å². The predicted molar refractivity (Wildman–Crippen MR) is 95.7 cm³/mol. The highest BCUT2D eigenvalue weighted by molar-refractivity contribution is 5.80. The van der Waals surface area contributed by atoms with Crippen LogP contribution >= 0.6 is 0 Å². The molecule has 2 rings (SSSR count). The highest BCUT2D eigenvalue weighted by atomic mass is 15.2. The number of guanidine groups is 1. The third-order valence-electron chi connectivity index (χ3n) is 4.20. The van der Waals surface area contributed by atoms with Crippen LogP contribution in [0.25, 0.3) is 0 Å². The van der Waals surface area contributed by atoms with E-state index in [2.05, 4.69) is 57.8 Å². The molecule has 1 fully saturated rings. The number of nitrogens with zero attached hydrogens (tertiary/aromatic N) is 2. The SMILES string of the molecule is CCCCCCNC(=NC)NC1CCN(c2ccccc2)C1. The van der Waals surface area contributed by atoms with Gasteiger partial charge in [-0.3, -0.25) is 4.99 Å². The highest BCUT2D eigenvalue weighted by Gasteiger charge is 2.23. The Hall–Kier alpha value is -1.71. The van der Waals surface area contributed by atoms with Crippen molar-refractivity contribution in [1.29, 1.82) is 0 Å². The van der Waals surface area contributed by atoms with E-state index in [0.717, 1.165) is 32.0 Å². The maximum absolute atomic E-state index is 4.34. The van der Waals surface area contributed by atoms with Crippen LogP contribution in [-0.2, 0) is 0 Å². The molecule has 1 unspecified atom stereocenters. The molecule has 0 radical (unpaired) electrons. The fourth-order valence-electron chi connectivity index (χ4n) is 2.90. The van der Waals surface area contributed by atoms with Crippen LogP contribution in [-0.4, -0.2) is 38.7 Å². The van der Waals surface area contributed by atoms with Crippen molar-refractivity contribution in [3.05, 3.63) is 30.3 Å². The van der Waals surface area contributed by atoms with Gasteiger partial charge in [-0.1, -0.05) is 44.4 Å². The van der Waals surface area contributed by atoms with E-state index in [4.69, 9.17) is 0 Å². The molecule has 4 nitrogen and oxygen atoms in total. The van der Waals surface area contributed by atoms with Crippen molar-refractivity contribution < 1.29 is 0 Å². The summed E-state index contributed by atoms with van der Waals surface area (Å²) in [6.45, 7) is 5.40. The van der Waals surface area contributed by atoms with Gasteiger partial charge in [0.1, 0.15) is 0 Å². The van der Waals surface area contributed by atoms with Crippen LogP contribution in [0.4, 0.5) is 5.69 Å². The minimum Gasteiger partial charge on any atom is -0.369 e. The minimum atomic E-state index is 0.474. The zero-order valence-corrected chi connectivity index (χ0v) is 14.0. The highest BCUT2D eigenvalue weighted by Crippen LogP contribution is 2.19. The molecule has 2 N–H and O–H groups in total. The molecular formula is C18H30N4. The molecule has 1 atom stereocenters. The Kier molecular flexibility index (Phi) is 7.07. The van der Waals surface area contributed by atoms with Crippen LogP contribution in [0.15, 0.2) is 35.3 Å². The van der Waals surface area contributed by atoms with Crippen molar-refractivity contribution in [2.75, 3.05) is 31.6 Å². The Morgan fingerprint density at radius 2 is 2.05 bits per heavy atom. The molecular weight excluding hydrogens is 272 g/mol. The molecule has 0 aromatic heterocycles. The van der Waals surface area contributed by atoms with Gasteiger partial charge in [0.15, 0.2) is 5.96 Å². The second-order valence-corrected chi connectivity index (χ2v) is 5.97. The summed E-state index contributed by atoms with van der Waals surface area (Å²) in [5.74, 6) is 0.941. The number of hydrogen-bond acceptors (Lipinski definition) is 2. The van der Waals surface area contributed by atoms with E-state index in [1.807, 2.05) is 7.05 Å². The number of hydrogen-bond donors (Lipinski definition) is 2. The number of benzene rings is 1. The summed E-state index contributed by atoms with van der Waals surface area (Å²) in [5, 5.41) is 6.98. The fraction of sp³-hybridized carbons (Fsp3) is 0.611. The smallest absolute Gasteiger partial charge is 0.191 e. The van der Waals surface area contributed by atoms with Crippen LogP contribution in [0.2, 0.25) is 0 Å². The van der Waals surface area contributed by atoms with Gasteiger partial charge in [0.2, 0.25) is 0 Å². The molecule has 1 aliphatic rings. The molecule has 0 bridgehead atoms. The first-order valence-corrected chi connectivity index (χ1v) is 8.60. The van der Waals surface area contributed by atoms with E-state index in [0.29, 0.717) is 6.04 Å². The second kappa shape index (κ2) is 9.34. The van der Waals surface area contributed by atoms with Gasteiger partial charge in [0, 0.05) is 38.4 Å². The molecule has 22 heavy (non-hydrogen) atoms. The fourth-order valence-corrected chi connectivity index (χ4v) is 2.90. The number of aliphatic imine (C=N–C) groups is 1. The lowest BCUT2D eigenvalue weighted by Crippen LogP contribution is -2.44. The maximum atomic E-state index is 4.34. The Bertz CT molecular complexity index is 444. The molecule has 0 saturated carbocycles. The summed E-state index contributed by atoms with van der Waals surface area (Å²) in [6.07, 6.45) is 6.28. The molecule has 122 valence electrons. The molecule has 1 saturated heterocycles. The Balaban J connectivity index is 1.71. The van der Waals surface area contributed by atoms with Crippen molar-refractivity contribution in [2.45, 2.75) is 45.1 Å². The standard InChI is InChI=1S/C18H30N4/c1-3-4-5-9-13-20-18(19-2)21-16-12-14-22(15-16)17-10-7-6-8-11-17/h6-8,10-11,16H,3-5,9,12-15H2,1-2H3,(H2,19,20,21). The summed E-state index contributed by atoms with van der Waals surface area (Å²) in [5.41, 5.74) is 1.31. The van der Waals surface area contributed by atoms with Crippen molar-refractivity contribution >= 4 is 11.6 Å². The summed E-state index contributed by atoms with van der Waals surface area (Å²) in [7, 11) is 1.85. The summed E-state index contributed by atoms with van der Waals surface area (Å²) in [4.78, 5) is 6.78. The molecule has 4 heteroatoms. The van der Waals surface area contributed by atoms with Crippen LogP contribution in [0.5, 0.6) is 0 Å². The van der Waals surface area contributed by atoms with E-state index in [9.17, 15) is 0 Å². The molecule has 1 heterocycles. The third kappa shape index (κ3) is 5.24. The van der Waals surface area contributed by atoms with Gasteiger partial charge in [0.05, 0.1) is 0 Å². The van der Waals surface area contributed by atoms with Gasteiger partial charge >= 0.3 is 0 Å². The number of rotatable bonds is 7. The van der Waals surface area contributed by atoms with Gasteiger partial charge in [-0.05, 0) is 25.0 Å². The second-order valence-electron chi connectivity index (χ2n) is 5.97. The quantitative estimate of drug-likeness (QED) is 0.462. The van der Waals surface area contributed by atoms with E-state index in [1.165, 1.54) is 31.4 Å². The third-order valence-corrected chi connectivity index (χ3v) is 4.20. The molecule has 0 spiro atoms. The van der Waals surface area contributed by atoms with Crippen molar-refractivity contribution in [3.63, 3.8) is 0 Å². The van der Waals surface area contributed by atoms with E-state index in [1.54, 1.807) is 0 Å². The lowest BCUT2D eigenvalue weighted by Gasteiger charge is -2.20. The van der Waals surface area contributed by atoms with Gasteiger partial charge < -0.3 is 15.5 Å². The molecule has 1 aliphatic heterocycles. The molecule has 1 aromatic carbocycles. The Labute approximate surface area is 135 Å². The predicted octanol–water partition coefficient (Wildman–Crippen LogP) is 3.01. The van der Waals surface area contributed by atoms with Crippen LogP contribution in [0, 0.1) is 0 Å². The summed E-state index contributed by atoms with van der Waals surface area (Å²) < 4.78 is 0. The van der Waals surface area contributed by atoms with Crippen LogP contribution in [0.3, 0.4) is 0 Å². The van der Waals surface area contributed by atoms with Gasteiger partial charge in [-0.2, -0.15) is 0 Å². The van der Waals surface area contributed by atoms with Crippen molar-refractivity contribution in [1.82, 2.24) is 10.6 Å². The number of unbranched alkanes of at least 4 members (excludes halogenated alkanes) is 3. The average Bonchev–Trinajstić information content (AvgIpc) is 3.03. The topological polar surface area (TPSA) is 39.7 Å². The number of nitrogens with one attached hydrogen (secondary N) is 2. The summed E-state index contributed by atoms with van der Waals surface area (Å²) in [6, 6.07) is 11.1.